The Bertz CT molecular complexity index is 876. The number of ketones is 1. The summed E-state index contributed by atoms with van der Waals surface area (Å²) in [4.78, 5) is 24.4. The van der Waals surface area contributed by atoms with Crippen molar-refractivity contribution in [2.24, 2.45) is 0 Å². The fraction of sp³-hybridized carbons (Fsp3) is 0.176. The van der Waals surface area contributed by atoms with Crippen molar-refractivity contribution < 1.29 is 22.7 Å². The zero-order valence-electron chi connectivity index (χ0n) is 13.5. The van der Waals surface area contributed by atoms with Gasteiger partial charge in [-0.05, 0) is 78.0 Å². The number of nitrogens with one attached hydrogen (secondary N) is 1. The van der Waals surface area contributed by atoms with E-state index >= 15 is 0 Å². The number of sulfonamides is 1. The molecule has 0 heterocycles. The summed E-state index contributed by atoms with van der Waals surface area (Å²) in [6.45, 7) is 1.50. The molecule has 8 heteroatoms. The van der Waals surface area contributed by atoms with E-state index in [0.717, 1.165) is 9.83 Å². The third kappa shape index (κ3) is 5.82. The van der Waals surface area contributed by atoms with Gasteiger partial charge in [0, 0.05) is 14.8 Å². The predicted molar refractivity (Wildman–Crippen MR) is 103 cm³/mol. The molecule has 1 N–H and O–H groups in total. The number of ether oxygens (including phenoxy) is 1. The normalized spacial score (nSPS) is 12.3. The molecule has 2 rings (SSSR count). The van der Waals surface area contributed by atoms with Gasteiger partial charge in [-0.3, -0.25) is 9.52 Å². The van der Waals surface area contributed by atoms with Crippen molar-refractivity contribution >= 4 is 50.1 Å². The van der Waals surface area contributed by atoms with Gasteiger partial charge in [-0.15, -0.1) is 0 Å². The first-order chi connectivity index (χ1) is 11.7. The van der Waals surface area contributed by atoms with Gasteiger partial charge in [-0.25, -0.2) is 13.2 Å². The van der Waals surface area contributed by atoms with E-state index in [-0.39, 0.29) is 5.78 Å². The number of halogens is 1. The van der Waals surface area contributed by atoms with Gasteiger partial charge in [0.1, 0.15) is 0 Å². The van der Waals surface area contributed by atoms with Crippen LogP contribution in [0.2, 0.25) is 0 Å². The number of anilines is 1. The van der Waals surface area contributed by atoms with Crippen LogP contribution < -0.4 is 4.72 Å². The topological polar surface area (TPSA) is 89.5 Å². The van der Waals surface area contributed by atoms with Gasteiger partial charge >= 0.3 is 5.97 Å². The van der Waals surface area contributed by atoms with Crippen LogP contribution in [0.25, 0.3) is 0 Å². The summed E-state index contributed by atoms with van der Waals surface area (Å²) in [5.41, 5.74) is 1.04. The number of benzene rings is 2. The Morgan fingerprint density at radius 1 is 1.00 bits per heavy atom. The number of carbonyl (C=O) groups excluding carboxylic acids is 2. The molecule has 1 atom stereocenters. The van der Waals surface area contributed by atoms with Crippen LogP contribution in [-0.4, -0.2) is 32.5 Å². The standard InChI is InChI=1S/C17H16INO5S/c1-11(24-17(21)13-3-7-14(18)8-4-13)16(20)12-5-9-15(10-6-12)19-25(2,22)23/h3-11,19H,1-2H3. The largest absolute Gasteiger partial charge is 0.451 e. The van der Waals surface area contributed by atoms with E-state index in [1.807, 2.05) is 0 Å². The lowest BCUT2D eigenvalue weighted by Crippen LogP contribution is -2.24. The molecule has 0 aliphatic carbocycles. The van der Waals surface area contributed by atoms with Crippen molar-refractivity contribution in [2.75, 3.05) is 11.0 Å². The molecule has 6 nitrogen and oxygen atoms in total. The minimum Gasteiger partial charge on any atom is -0.451 e. The van der Waals surface area contributed by atoms with E-state index in [9.17, 15) is 18.0 Å². The molecule has 1 unspecified atom stereocenters. The van der Waals surface area contributed by atoms with Gasteiger partial charge < -0.3 is 4.74 Å². The molecule has 0 saturated heterocycles. The monoisotopic (exact) mass is 473 g/mol. The molecule has 0 bridgehead atoms. The van der Waals surface area contributed by atoms with Gasteiger partial charge in [0.2, 0.25) is 15.8 Å². The Labute approximate surface area is 159 Å². The summed E-state index contributed by atoms with van der Waals surface area (Å²) in [6.07, 6.45) is 0.0820. The van der Waals surface area contributed by atoms with Crippen LogP contribution in [0, 0.1) is 3.57 Å². The first-order valence-electron chi connectivity index (χ1n) is 7.24. The minimum atomic E-state index is -3.38. The van der Waals surface area contributed by atoms with Crippen molar-refractivity contribution in [1.82, 2.24) is 0 Å². The smallest absolute Gasteiger partial charge is 0.338 e. The summed E-state index contributed by atoms with van der Waals surface area (Å²) in [7, 11) is -3.38. The number of rotatable bonds is 6. The highest BCUT2D eigenvalue weighted by atomic mass is 127. The fourth-order valence-corrected chi connectivity index (χ4v) is 2.94. The molecule has 2 aromatic rings. The lowest BCUT2D eigenvalue weighted by atomic mass is 10.1. The Morgan fingerprint density at radius 2 is 1.52 bits per heavy atom. The number of carbonyl (C=O) groups is 2. The second-order valence-electron chi connectivity index (χ2n) is 5.37. The molecule has 0 spiro atoms. The summed E-state index contributed by atoms with van der Waals surface area (Å²) >= 11 is 2.13. The third-order valence-electron chi connectivity index (χ3n) is 3.21. The van der Waals surface area contributed by atoms with Crippen molar-refractivity contribution in [2.45, 2.75) is 13.0 Å². The van der Waals surface area contributed by atoms with Crippen LogP contribution in [0.3, 0.4) is 0 Å². The van der Waals surface area contributed by atoms with E-state index in [1.165, 1.54) is 31.2 Å². The van der Waals surface area contributed by atoms with Crippen LogP contribution in [0.15, 0.2) is 48.5 Å². The summed E-state index contributed by atoms with van der Waals surface area (Å²) in [5.74, 6) is -0.947. The lowest BCUT2D eigenvalue weighted by molar-refractivity contribution is 0.0319. The zero-order chi connectivity index (χ0) is 18.6. The summed E-state index contributed by atoms with van der Waals surface area (Å²) in [5, 5.41) is 0. The first kappa shape index (κ1) is 19.4. The second-order valence-corrected chi connectivity index (χ2v) is 8.36. The van der Waals surface area contributed by atoms with E-state index < -0.39 is 22.1 Å². The number of hydrogen-bond acceptors (Lipinski definition) is 5. The maximum atomic E-state index is 12.3. The van der Waals surface area contributed by atoms with Crippen LogP contribution >= 0.6 is 22.6 Å². The maximum absolute atomic E-state index is 12.3. The highest BCUT2D eigenvalue weighted by Gasteiger charge is 2.20. The Morgan fingerprint density at radius 3 is 2.04 bits per heavy atom. The number of esters is 1. The molecule has 0 aliphatic heterocycles. The maximum Gasteiger partial charge on any atom is 0.338 e. The highest BCUT2D eigenvalue weighted by Crippen LogP contribution is 2.15. The highest BCUT2D eigenvalue weighted by molar-refractivity contribution is 14.1. The predicted octanol–water partition coefficient (Wildman–Crippen LogP) is 3.09. The Hall–Kier alpha value is -1.94. The molecule has 0 amide bonds. The van der Waals surface area contributed by atoms with Gasteiger partial charge in [0.25, 0.3) is 0 Å². The van der Waals surface area contributed by atoms with Crippen molar-refractivity contribution in [3.8, 4) is 0 Å². The van der Waals surface area contributed by atoms with Crippen LogP contribution in [0.1, 0.15) is 27.6 Å². The Balaban J connectivity index is 2.04. The lowest BCUT2D eigenvalue weighted by Gasteiger charge is -2.13. The van der Waals surface area contributed by atoms with Crippen LogP contribution in [0.4, 0.5) is 5.69 Å². The molecule has 0 fully saturated rings. The van der Waals surface area contributed by atoms with Crippen molar-refractivity contribution in [1.29, 1.82) is 0 Å². The molecule has 0 aliphatic rings. The average Bonchev–Trinajstić information content (AvgIpc) is 2.54. The molecule has 25 heavy (non-hydrogen) atoms. The summed E-state index contributed by atoms with van der Waals surface area (Å²) in [6, 6.07) is 12.7. The minimum absolute atomic E-state index is 0.321. The van der Waals surface area contributed by atoms with Crippen LogP contribution in [-0.2, 0) is 14.8 Å². The molecule has 132 valence electrons. The first-order valence-corrected chi connectivity index (χ1v) is 10.2. The zero-order valence-corrected chi connectivity index (χ0v) is 16.5. The Kier molecular flexibility index (Phi) is 6.17. The summed E-state index contributed by atoms with van der Waals surface area (Å²) < 4.78 is 30.8. The molecular weight excluding hydrogens is 457 g/mol. The number of hydrogen-bond donors (Lipinski definition) is 1. The van der Waals surface area contributed by atoms with Crippen LogP contribution in [0.5, 0.6) is 0 Å². The van der Waals surface area contributed by atoms with Crippen molar-refractivity contribution in [3.63, 3.8) is 0 Å². The number of Topliss-reactive ketones (excluding diaryl/α,β-unsaturated/α-hetero) is 1. The third-order valence-corrected chi connectivity index (χ3v) is 4.53. The molecular formula is C17H16INO5S. The van der Waals surface area contributed by atoms with Crippen molar-refractivity contribution in [3.05, 3.63) is 63.2 Å². The SMILES string of the molecule is CC(OC(=O)c1ccc(I)cc1)C(=O)c1ccc(NS(C)(=O)=O)cc1. The molecule has 2 aromatic carbocycles. The van der Waals surface area contributed by atoms with Gasteiger partial charge in [-0.2, -0.15) is 0 Å². The molecule has 0 aromatic heterocycles. The second kappa shape index (κ2) is 7.96. The van der Waals surface area contributed by atoms with E-state index in [1.54, 1.807) is 24.3 Å². The quantitative estimate of drug-likeness (QED) is 0.396. The molecule has 0 radical (unpaired) electrons. The van der Waals surface area contributed by atoms with Gasteiger partial charge in [-0.1, -0.05) is 0 Å². The van der Waals surface area contributed by atoms with E-state index in [2.05, 4.69) is 27.3 Å². The van der Waals surface area contributed by atoms with Gasteiger partial charge in [0.15, 0.2) is 6.10 Å². The van der Waals surface area contributed by atoms with E-state index in [0.29, 0.717) is 16.8 Å². The average molecular weight is 473 g/mol. The van der Waals surface area contributed by atoms with Gasteiger partial charge in [0.05, 0.1) is 11.8 Å². The fourth-order valence-electron chi connectivity index (χ4n) is 2.02. The van der Waals surface area contributed by atoms with E-state index in [4.69, 9.17) is 4.74 Å². The molecule has 0 saturated carbocycles.